The Kier molecular flexibility index (Phi) is 5.27. The summed E-state index contributed by atoms with van der Waals surface area (Å²) in [6.45, 7) is 13.4. The highest BCUT2D eigenvalue weighted by Gasteiger charge is 2.42. The molecule has 2 rings (SSSR count). The van der Waals surface area contributed by atoms with Gasteiger partial charge in [-0.3, -0.25) is 4.90 Å². The lowest BCUT2D eigenvalue weighted by atomic mass is 9.70. The van der Waals surface area contributed by atoms with Gasteiger partial charge < -0.3 is 10.1 Å². The van der Waals surface area contributed by atoms with Crippen LogP contribution in [0.25, 0.3) is 0 Å². The van der Waals surface area contributed by atoms with Crippen LogP contribution in [0.5, 0.6) is 0 Å². The summed E-state index contributed by atoms with van der Waals surface area (Å²) in [5.41, 5.74) is 0.412. The second-order valence-electron chi connectivity index (χ2n) is 6.86. The van der Waals surface area contributed by atoms with Crippen LogP contribution < -0.4 is 5.32 Å². The normalized spacial score (nSPS) is 36.3. The van der Waals surface area contributed by atoms with Crippen LogP contribution in [0.4, 0.5) is 0 Å². The van der Waals surface area contributed by atoms with Gasteiger partial charge in [0.1, 0.15) is 0 Å². The van der Waals surface area contributed by atoms with Crippen LogP contribution in [-0.2, 0) is 4.74 Å². The van der Waals surface area contributed by atoms with Gasteiger partial charge in [0.2, 0.25) is 0 Å². The average molecular weight is 268 g/mol. The third-order valence-corrected chi connectivity index (χ3v) is 5.14. The highest BCUT2D eigenvalue weighted by atomic mass is 16.5. The number of nitrogens with zero attached hydrogens (tertiary/aromatic N) is 1. The van der Waals surface area contributed by atoms with E-state index in [1.165, 1.54) is 25.7 Å². The molecule has 0 spiro atoms. The Morgan fingerprint density at radius 1 is 1.32 bits per heavy atom. The fourth-order valence-corrected chi connectivity index (χ4v) is 4.06. The van der Waals surface area contributed by atoms with Crippen molar-refractivity contribution in [3.63, 3.8) is 0 Å². The number of ether oxygens (including phenoxy) is 1. The lowest BCUT2D eigenvalue weighted by Gasteiger charge is -2.51. The molecular weight excluding hydrogens is 236 g/mol. The number of hydrogen-bond acceptors (Lipinski definition) is 3. The Labute approximate surface area is 119 Å². The Bertz CT molecular complexity index is 280. The van der Waals surface area contributed by atoms with E-state index in [4.69, 9.17) is 4.74 Å². The maximum atomic E-state index is 5.68. The second kappa shape index (κ2) is 6.55. The first-order chi connectivity index (χ1) is 9.10. The zero-order chi connectivity index (χ0) is 13.9. The molecule has 1 heterocycles. The minimum absolute atomic E-state index is 0.412. The van der Waals surface area contributed by atoms with E-state index in [1.807, 2.05) is 0 Å². The number of hydrogen-bond donors (Lipinski definition) is 1. The Morgan fingerprint density at radius 3 is 2.79 bits per heavy atom. The average Bonchev–Trinajstić information content (AvgIpc) is 2.41. The first-order valence-corrected chi connectivity index (χ1v) is 8.17. The number of nitrogens with one attached hydrogen (secondary N) is 1. The molecule has 1 N–H and O–H groups in total. The summed E-state index contributed by atoms with van der Waals surface area (Å²) < 4.78 is 5.68. The summed E-state index contributed by atoms with van der Waals surface area (Å²) in [4.78, 5) is 2.75. The van der Waals surface area contributed by atoms with Crippen LogP contribution in [0, 0.1) is 5.41 Å². The Morgan fingerprint density at radius 2 is 2.11 bits per heavy atom. The largest absolute Gasteiger partial charge is 0.378 e. The van der Waals surface area contributed by atoms with Crippen molar-refractivity contribution in [3.05, 3.63) is 0 Å². The minimum atomic E-state index is 0.412. The lowest BCUT2D eigenvalue weighted by molar-refractivity contribution is -0.0600. The van der Waals surface area contributed by atoms with Gasteiger partial charge in [-0.15, -0.1) is 0 Å². The van der Waals surface area contributed by atoms with E-state index >= 15 is 0 Å². The second-order valence-corrected chi connectivity index (χ2v) is 6.86. The van der Waals surface area contributed by atoms with Gasteiger partial charge in [0.25, 0.3) is 0 Å². The molecule has 0 aromatic rings. The van der Waals surface area contributed by atoms with Crippen LogP contribution in [0.1, 0.15) is 53.4 Å². The summed E-state index contributed by atoms with van der Waals surface area (Å²) in [6, 6.07) is 1.93. The molecule has 112 valence electrons. The van der Waals surface area contributed by atoms with E-state index in [-0.39, 0.29) is 0 Å². The number of morpholine rings is 1. The first-order valence-electron chi connectivity index (χ1n) is 8.17. The molecule has 2 aliphatic rings. The van der Waals surface area contributed by atoms with Gasteiger partial charge in [-0.05, 0) is 31.2 Å². The van der Waals surface area contributed by atoms with Gasteiger partial charge in [-0.25, -0.2) is 0 Å². The molecule has 3 atom stereocenters. The van der Waals surface area contributed by atoms with E-state index < -0.39 is 0 Å². The molecule has 0 aromatic carbocycles. The first kappa shape index (κ1) is 15.3. The topological polar surface area (TPSA) is 24.5 Å². The molecule has 0 radical (unpaired) electrons. The Balaban J connectivity index is 2.14. The van der Waals surface area contributed by atoms with Crippen LogP contribution in [-0.4, -0.2) is 49.3 Å². The highest BCUT2D eigenvalue weighted by molar-refractivity contribution is 4.99. The van der Waals surface area contributed by atoms with Crippen LogP contribution in [0.2, 0.25) is 0 Å². The van der Waals surface area contributed by atoms with E-state index in [1.54, 1.807) is 0 Å². The molecule has 2 fully saturated rings. The van der Waals surface area contributed by atoms with Crippen LogP contribution >= 0.6 is 0 Å². The van der Waals surface area contributed by atoms with Crippen molar-refractivity contribution < 1.29 is 4.74 Å². The predicted octanol–water partition coefficient (Wildman–Crippen LogP) is 2.65. The summed E-state index contributed by atoms with van der Waals surface area (Å²) in [6.07, 6.45) is 5.27. The minimum Gasteiger partial charge on any atom is -0.378 e. The van der Waals surface area contributed by atoms with E-state index in [0.717, 1.165) is 26.3 Å². The molecule has 1 aliphatic carbocycles. The smallest absolute Gasteiger partial charge is 0.0622 e. The SMILES string of the molecule is CCNC1C(N2CCOCC2CC)CCCC1(C)C. The highest BCUT2D eigenvalue weighted by Crippen LogP contribution is 2.38. The van der Waals surface area contributed by atoms with Crippen molar-refractivity contribution in [2.75, 3.05) is 26.3 Å². The molecule has 0 bridgehead atoms. The fraction of sp³-hybridized carbons (Fsp3) is 1.00. The summed E-state index contributed by atoms with van der Waals surface area (Å²) >= 11 is 0. The molecular formula is C16H32N2O. The van der Waals surface area contributed by atoms with Gasteiger partial charge in [0.15, 0.2) is 0 Å². The quantitative estimate of drug-likeness (QED) is 0.848. The van der Waals surface area contributed by atoms with E-state index in [2.05, 4.69) is 37.9 Å². The summed E-state index contributed by atoms with van der Waals surface area (Å²) in [5.74, 6) is 0. The van der Waals surface area contributed by atoms with Crippen molar-refractivity contribution in [2.45, 2.75) is 71.5 Å². The number of likely N-dealkylation sites (N-methyl/N-ethyl adjacent to an activating group) is 1. The monoisotopic (exact) mass is 268 g/mol. The van der Waals surface area contributed by atoms with Crippen LogP contribution in [0.3, 0.4) is 0 Å². The van der Waals surface area contributed by atoms with Crippen molar-refractivity contribution >= 4 is 0 Å². The molecule has 1 aliphatic heterocycles. The van der Waals surface area contributed by atoms with E-state index in [9.17, 15) is 0 Å². The summed E-state index contributed by atoms with van der Waals surface area (Å²) in [5, 5.41) is 3.78. The molecule has 0 aromatic heterocycles. The number of rotatable bonds is 4. The van der Waals surface area contributed by atoms with Crippen molar-refractivity contribution in [3.8, 4) is 0 Å². The molecule has 1 saturated heterocycles. The van der Waals surface area contributed by atoms with Gasteiger partial charge in [0.05, 0.1) is 13.2 Å². The van der Waals surface area contributed by atoms with Crippen molar-refractivity contribution in [1.29, 1.82) is 0 Å². The van der Waals surface area contributed by atoms with Crippen molar-refractivity contribution in [2.24, 2.45) is 5.41 Å². The Hall–Kier alpha value is -0.120. The van der Waals surface area contributed by atoms with Crippen LogP contribution in [0.15, 0.2) is 0 Å². The van der Waals surface area contributed by atoms with E-state index in [0.29, 0.717) is 23.5 Å². The third kappa shape index (κ3) is 3.32. The maximum Gasteiger partial charge on any atom is 0.0622 e. The molecule has 3 heteroatoms. The van der Waals surface area contributed by atoms with Gasteiger partial charge >= 0.3 is 0 Å². The molecule has 3 nitrogen and oxygen atoms in total. The fourth-order valence-electron chi connectivity index (χ4n) is 4.06. The van der Waals surface area contributed by atoms with Gasteiger partial charge in [0, 0.05) is 24.7 Å². The lowest BCUT2D eigenvalue weighted by Crippen LogP contribution is -2.63. The van der Waals surface area contributed by atoms with Crippen molar-refractivity contribution in [1.82, 2.24) is 10.2 Å². The summed E-state index contributed by atoms with van der Waals surface area (Å²) in [7, 11) is 0. The molecule has 19 heavy (non-hydrogen) atoms. The maximum absolute atomic E-state index is 5.68. The predicted molar refractivity (Wildman–Crippen MR) is 80.5 cm³/mol. The molecule has 3 unspecified atom stereocenters. The van der Waals surface area contributed by atoms with Gasteiger partial charge in [-0.2, -0.15) is 0 Å². The molecule has 0 amide bonds. The zero-order valence-electron chi connectivity index (χ0n) is 13.2. The third-order valence-electron chi connectivity index (χ3n) is 5.14. The molecule has 1 saturated carbocycles. The van der Waals surface area contributed by atoms with Gasteiger partial charge in [-0.1, -0.05) is 34.1 Å². The zero-order valence-corrected chi connectivity index (χ0v) is 13.2. The standard InChI is InChI=1S/C16H32N2O/c1-5-13-12-19-11-10-18(13)14-8-7-9-16(3,4)15(14)17-6-2/h13-15,17H,5-12H2,1-4H3.